The third-order valence-corrected chi connectivity index (χ3v) is 5.26. The van der Waals surface area contributed by atoms with Gasteiger partial charge in [-0.05, 0) is 24.6 Å². The Bertz CT molecular complexity index is 818. The molecule has 1 aliphatic rings. The van der Waals surface area contributed by atoms with E-state index < -0.39 is 0 Å². The molecule has 3 rings (SSSR count). The second kappa shape index (κ2) is 8.27. The second-order valence-corrected chi connectivity index (χ2v) is 6.90. The monoisotopic (exact) mass is 370 g/mol. The van der Waals surface area contributed by atoms with E-state index in [0.717, 1.165) is 10.9 Å². The molecule has 0 spiro atoms. The van der Waals surface area contributed by atoms with Crippen molar-refractivity contribution in [2.75, 3.05) is 27.3 Å². The minimum absolute atomic E-state index is 0.0999. The molecule has 1 heterocycles. The third kappa shape index (κ3) is 4.02. The Hall–Kier alpha value is -2.47. The molecule has 0 bridgehead atoms. The first kappa shape index (κ1) is 18.3. The zero-order valence-electron chi connectivity index (χ0n) is 15.2. The molecule has 1 amide bonds. The molecule has 0 aliphatic carbocycles. The second-order valence-electron chi connectivity index (χ2n) is 5.96. The van der Waals surface area contributed by atoms with Crippen LogP contribution >= 0.6 is 11.8 Å². The van der Waals surface area contributed by atoms with Crippen LogP contribution in [0.5, 0.6) is 11.5 Å². The van der Waals surface area contributed by atoms with Gasteiger partial charge in [-0.3, -0.25) is 14.7 Å². The fraction of sp³-hybridized carbons (Fsp3) is 0.300. The van der Waals surface area contributed by atoms with Gasteiger partial charge in [-0.2, -0.15) is 0 Å². The maximum Gasteiger partial charge on any atom is 0.263 e. The highest BCUT2D eigenvalue weighted by Crippen LogP contribution is 2.28. The molecule has 0 fully saturated rings. The molecule has 1 aliphatic heterocycles. The molecule has 0 unspecified atom stereocenters. The Kier molecular flexibility index (Phi) is 5.83. The summed E-state index contributed by atoms with van der Waals surface area (Å²) in [5.41, 5.74) is 2.96. The lowest BCUT2D eigenvalue weighted by Crippen LogP contribution is -2.33. The average Bonchev–Trinajstić information content (AvgIpc) is 3.15. The largest absolute Gasteiger partial charge is 0.497 e. The first-order chi connectivity index (χ1) is 12.6. The smallest absolute Gasteiger partial charge is 0.263 e. The summed E-state index contributed by atoms with van der Waals surface area (Å²) in [5.74, 6) is 1.84. The van der Waals surface area contributed by atoms with E-state index in [2.05, 4.69) is 36.2 Å². The van der Waals surface area contributed by atoms with E-state index in [1.54, 1.807) is 49.1 Å². The SMILES string of the molecule is COc1ccc(C(=O)N2CCN=C2SCc2ccc(C)cc2)c(OC)c1. The quantitative estimate of drug-likeness (QED) is 0.804. The number of aliphatic imine (C=N–C) groups is 1. The van der Waals surface area contributed by atoms with Crippen molar-refractivity contribution in [2.24, 2.45) is 4.99 Å². The first-order valence-electron chi connectivity index (χ1n) is 8.39. The van der Waals surface area contributed by atoms with Crippen molar-refractivity contribution < 1.29 is 14.3 Å². The first-order valence-corrected chi connectivity index (χ1v) is 9.37. The summed E-state index contributed by atoms with van der Waals surface area (Å²) in [6.07, 6.45) is 0. The molecule has 0 radical (unpaired) electrons. The number of amides is 1. The number of hydrogen-bond acceptors (Lipinski definition) is 5. The lowest BCUT2D eigenvalue weighted by atomic mass is 10.1. The molecule has 5 nitrogen and oxygen atoms in total. The Morgan fingerprint density at radius 1 is 1.15 bits per heavy atom. The van der Waals surface area contributed by atoms with Gasteiger partial charge in [-0.25, -0.2) is 0 Å². The number of thioether (sulfide) groups is 1. The van der Waals surface area contributed by atoms with Gasteiger partial charge in [0.25, 0.3) is 5.91 Å². The van der Waals surface area contributed by atoms with Crippen LogP contribution in [0.15, 0.2) is 47.5 Å². The lowest BCUT2D eigenvalue weighted by molar-refractivity contribution is 0.0857. The molecule has 2 aromatic rings. The minimum Gasteiger partial charge on any atom is -0.497 e. The van der Waals surface area contributed by atoms with E-state index in [1.165, 1.54) is 11.1 Å². The minimum atomic E-state index is -0.0999. The summed E-state index contributed by atoms with van der Waals surface area (Å²) in [6, 6.07) is 13.6. The van der Waals surface area contributed by atoms with Crippen LogP contribution in [0.3, 0.4) is 0 Å². The Balaban J connectivity index is 1.73. The number of carbonyl (C=O) groups is 1. The number of rotatable bonds is 5. The standard InChI is InChI=1S/C20H22N2O3S/c1-14-4-6-15(7-5-14)13-26-20-21-10-11-22(20)19(23)17-9-8-16(24-2)12-18(17)25-3/h4-9,12H,10-11,13H2,1-3H3. The van der Waals surface area contributed by atoms with E-state index >= 15 is 0 Å². The summed E-state index contributed by atoms with van der Waals surface area (Å²) >= 11 is 1.58. The van der Waals surface area contributed by atoms with Gasteiger partial charge < -0.3 is 9.47 Å². The zero-order chi connectivity index (χ0) is 18.5. The molecule has 0 saturated heterocycles. The molecular weight excluding hydrogens is 348 g/mol. The molecule has 0 aromatic heterocycles. The van der Waals surface area contributed by atoms with Gasteiger partial charge in [0, 0.05) is 18.4 Å². The summed E-state index contributed by atoms with van der Waals surface area (Å²) in [7, 11) is 3.14. The van der Waals surface area contributed by atoms with Gasteiger partial charge in [0.05, 0.1) is 26.3 Å². The topological polar surface area (TPSA) is 51.1 Å². The summed E-state index contributed by atoms with van der Waals surface area (Å²) in [4.78, 5) is 19.2. The van der Waals surface area contributed by atoms with Crippen molar-refractivity contribution in [3.05, 3.63) is 59.2 Å². The van der Waals surface area contributed by atoms with Crippen molar-refractivity contribution in [3.63, 3.8) is 0 Å². The van der Waals surface area contributed by atoms with E-state index in [0.29, 0.717) is 30.2 Å². The van der Waals surface area contributed by atoms with Crippen molar-refractivity contribution in [3.8, 4) is 11.5 Å². The molecule has 136 valence electrons. The molecular formula is C20H22N2O3S. The van der Waals surface area contributed by atoms with Crippen molar-refractivity contribution in [1.82, 2.24) is 4.90 Å². The number of aryl methyl sites for hydroxylation is 1. The maximum atomic E-state index is 13.0. The van der Waals surface area contributed by atoms with Crippen LogP contribution in [0.1, 0.15) is 21.5 Å². The number of methoxy groups -OCH3 is 2. The molecule has 0 saturated carbocycles. The molecule has 0 atom stereocenters. The normalized spacial score (nSPS) is 13.5. The van der Waals surface area contributed by atoms with Gasteiger partial charge >= 0.3 is 0 Å². The Morgan fingerprint density at radius 3 is 2.62 bits per heavy atom. The number of amidine groups is 1. The molecule has 2 aromatic carbocycles. The number of nitrogens with zero attached hydrogens (tertiary/aromatic N) is 2. The predicted molar refractivity (Wildman–Crippen MR) is 105 cm³/mol. The zero-order valence-corrected chi connectivity index (χ0v) is 16.0. The van der Waals surface area contributed by atoms with E-state index in [4.69, 9.17) is 9.47 Å². The van der Waals surface area contributed by atoms with E-state index in [-0.39, 0.29) is 5.91 Å². The number of hydrogen-bond donors (Lipinski definition) is 0. The van der Waals surface area contributed by atoms with Crippen molar-refractivity contribution >= 4 is 22.8 Å². The van der Waals surface area contributed by atoms with Gasteiger partial charge in [0.2, 0.25) is 0 Å². The summed E-state index contributed by atoms with van der Waals surface area (Å²) in [5, 5.41) is 0.758. The van der Waals surface area contributed by atoms with Crippen LogP contribution in [0.25, 0.3) is 0 Å². The van der Waals surface area contributed by atoms with Gasteiger partial charge in [-0.15, -0.1) is 0 Å². The molecule has 26 heavy (non-hydrogen) atoms. The Morgan fingerprint density at radius 2 is 1.92 bits per heavy atom. The Labute approximate surface area is 158 Å². The molecule has 6 heteroatoms. The number of ether oxygens (including phenoxy) is 2. The predicted octanol–water partition coefficient (Wildman–Crippen LogP) is 3.76. The van der Waals surface area contributed by atoms with Crippen molar-refractivity contribution in [1.29, 1.82) is 0 Å². The maximum absolute atomic E-state index is 13.0. The lowest BCUT2D eigenvalue weighted by Gasteiger charge is -2.19. The van der Waals surface area contributed by atoms with E-state index in [1.807, 2.05) is 0 Å². The van der Waals surface area contributed by atoms with Crippen LogP contribution in [0.2, 0.25) is 0 Å². The summed E-state index contributed by atoms with van der Waals surface area (Å²) in [6.45, 7) is 3.28. The van der Waals surface area contributed by atoms with Crippen LogP contribution in [-0.4, -0.2) is 43.3 Å². The third-order valence-electron chi connectivity index (χ3n) is 4.17. The van der Waals surface area contributed by atoms with Crippen molar-refractivity contribution in [2.45, 2.75) is 12.7 Å². The van der Waals surface area contributed by atoms with Crippen LogP contribution in [-0.2, 0) is 5.75 Å². The molecule has 0 N–H and O–H groups in total. The average molecular weight is 370 g/mol. The number of carbonyl (C=O) groups excluding carboxylic acids is 1. The highest BCUT2D eigenvalue weighted by molar-refractivity contribution is 8.13. The van der Waals surface area contributed by atoms with Gasteiger partial charge in [-0.1, -0.05) is 41.6 Å². The fourth-order valence-electron chi connectivity index (χ4n) is 2.69. The van der Waals surface area contributed by atoms with Crippen LogP contribution < -0.4 is 9.47 Å². The van der Waals surface area contributed by atoms with Crippen LogP contribution in [0, 0.1) is 6.92 Å². The highest BCUT2D eigenvalue weighted by Gasteiger charge is 2.27. The van der Waals surface area contributed by atoms with E-state index in [9.17, 15) is 4.79 Å². The van der Waals surface area contributed by atoms with Crippen LogP contribution in [0.4, 0.5) is 0 Å². The summed E-state index contributed by atoms with van der Waals surface area (Å²) < 4.78 is 10.6. The van der Waals surface area contributed by atoms with Gasteiger partial charge in [0.15, 0.2) is 5.17 Å². The highest BCUT2D eigenvalue weighted by atomic mass is 32.2. The number of benzene rings is 2. The fourth-order valence-corrected chi connectivity index (χ4v) is 3.69. The van der Waals surface area contributed by atoms with Gasteiger partial charge in [0.1, 0.15) is 11.5 Å².